The van der Waals surface area contributed by atoms with Crippen molar-refractivity contribution in [1.82, 2.24) is 24.6 Å². The number of piperidine rings is 1. The molecule has 1 fully saturated rings. The molecule has 0 radical (unpaired) electrons. The summed E-state index contributed by atoms with van der Waals surface area (Å²) in [5.41, 5.74) is 5.15. The molecule has 164 valence electrons. The zero-order chi connectivity index (χ0) is 22.2. The number of hydrogen-bond donors (Lipinski definition) is 1. The molecule has 0 bridgehead atoms. The van der Waals surface area contributed by atoms with Crippen LogP contribution in [0.25, 0.3) is 21.9 Å². The number of H-pyrrole nitrogens is 1. The van der Waals surface area contributed by atoms with Crippen LogP contribution in [0.15, 0.2) is 79.3 Å². The average Bonchev–Trinajstić information content (AvgIpc) is 3.48. The number of hydrogen-bond acceptors (Lipinski definition) is 3. The number of carbonyl (C=O) groups excluding carboxylic acids is 1. The first-order valence-corrected chi connectivity index (χ1v) is 11.5. The lowest BCUT2D eigenvalue weighted by Crippen LogP contribution is -2.37. The van der Waals surface area contributed by atoms with E-state index in [4.69, 9.17) is 0 Å². The SMILES string of the molecule is O=C(c1cnc2c(cnn2Cc2ccccc2)c1)N1CCC(c2c[nH]c3ccccc23)CC1. The zero-order valence-electron chi connectivity index (χ0n) is 18.3. The highest BCUT2D eigenvalue weighted by Gasteiger charge is 2.26. The van der Waals surface area contributed by atoms with Gasteiger partial charge in [-0.15, -0.1) is 0 Å². The van der Waals surface area contributed by atoms with Crippen LogP contribution in [0.2, 0.25) is 0 Å². The summed E-state index contributed by atoms with van der Waals surface area (Å²) in [5.74, 6) is 0.527. The zero-order valence-corrected chi connectivity index (χ0v) is 18.3. The van der Waals surface area contributed by atoms with Gasteiger partial charge in [0.2, 0.25) is 0 Å². The Morgan fingerprint density at radius 2 is 1.79 bits per heavy atom. The van der Waals surface area contributed by atoms with Crippen molar-refractivity contribution in [3.8, 4) is 0 Å². The maximum Gasteiger partial charge on any atom is 0.255 e. The summed E-state index contributed by atoms with van der Waals surface area (Å²) < 4.78 is 1.88. The van der Waals surface area contributed by atoms with Crippen LogP contribution in [0.3, 0.4) is 0 Å². The Bertz CT molecular complexity index is 1430. The fraction of sp³-hybridized carbons (Fsp3) is 0.222. The van der Waals surface area contributed by atoms with Gasteiger partial charge in [-0.3, -0.25) is 4.79 Å². The van der Waals surface area contributed by atoms with Crippen LogP contribution >= 0.6 is 0 Å². The van der Waals surface area contributed by atoms with E-state index in [0.717, 1.165) is 37.0 Å². The summed E-state index contributed by atoms with van der Waals surface area (Å²) in [6.45, 7) is 2.18. The summed E-state index contributed by atoms with van der Waals surface area (Å²) in [6, 6.07) is 20.6. The fourth-order valence-corrected chi connectivity index (χ4v) is 4.97. The van der Waals surface area contributed by atoms with Crippen LogP contribution in [0.5, 0.6) is 0 Å². The van der Waals surface area contributed by atoms with Crippen molar-refractivity contribution in [2.75, 3.05) is 13.1 Å². The summed E-state index contributed by atoms with van der Waals surface area (Å²) >= 11 is 0. The van der Waals surface area contributed by atoms with Crippen LogP contribution in [-0.4, -0.2) is 43.6 Å². The number of amides is 1. The summed E-state index contributed by atoms with van der Waals surface area (Å²) in [7, 11) is 0. The molecule has 5 aromatic rings. The van der Waals surface area contributed by atoms with Crippen LogP contribution < -0.4 is 0 Å². The first kappa shape index (κ1) is 19.7. The van der Waals surface area contributed by atoms with Gasteiger partial charge in [-0.2, -0.15) is 5.10 Å². The van der Waals surface area contributed by atoms with E-state index >= 15 is 0 Å². The Balaban J connectivity index is 1.16. The lowest BCUT2D eigenvalue weighted by Gasteiger charge is -2.32. The molecule has 33 heavy (non-hydrogen) atoms. The van der Waals surface area contributed by atoms with Crippen molar-refractivity contribution < 1.29 is 4.79 Å². The normalized spacial score (nSPS) is 14.8. The van der Waals surface area contributed by atoms with Crippen LogP contribution in [0, 0.1) is 0 Å². The Labute approximate surface area is 191 Å². The van der Waals surface area contributed by atoms with E-state index in [0.29, 0.717) is 18.0 Å². The number of carbonyl (C=O) groups is 1. The van der Waals surface area contributed by atoms with Crippen molar-refractivity contribution in [1.29, 1.82) is 0 Å². The van der Waals surface area contributed by atoms with E-state index in [1.165, 1.54) is 22.0 Å². The predicted octanol–water partition coefficient (Wildman–Crippen LogP) is 4.98. The molecule has 0 saturated carbocycles. The van der Waals surface area contributed by atoms with Gasteiger partial charge in [-0.1, -0.05) is 48.5 Å². The molecule has 1 saturated heterocycles. The second-order valence-electron chi connectivity index (χ2n) is 8.78. The molecule has 0 spiro atoms. The molecule has 4 heterocycles. The van der Waals surface area contributed by atoms with E-state index in [1.807, 2.05) is 33.8 Å². The number of rotatable bonds is 4. The van der Waals surface area contributed by atoms with Crippen LogP contribution in [-0.2, 0) is 6.54 Å². The van der Waals surface area contributed by atoms with Crippen molar-refractivity contribution >= 4 is 27.8 Å². The van der Waals surface area contributed by atoms with Gasteiger partial charge in [0, 0.05) is 41.8 Å². The summed E-state index contributed by atoms with van der Waals surface area (Å²) in [4.78, 5) is 23.1. The van der Waals surface area contributed by atoms with Gasteiger partial charge >= 0.3 is 0 Å². The minimum Gasteiger partial charge on any atom is -0.361 e. The predicted molar refractivity (Wildman–Crippen MR) is 129 cm³/mol. The molecule has 0 atom stereocenters. The highest BCUT2D eigenvalue weighted by atomic mass is 16.2. The third-order valence-electron chi connectivity index (χ3n) is 6.74. The monoisotopic (exact) mass is 435 g/mol. The largest absolute Gasteiger partial charge is 0.361 e. The minimum absolute atomic E-state index is 0.0533. The Morgan fingerprint density at radius 3 is 2.64 bits per heavy atom. The van der Waals surface area contributed by atoms with Gasteiger partial charge in [0.1, 0.15) is 0 Å². The molecule has 1 N–H and O–H groups in total. The molecular weight excluding hydrogens is 410 g/mol. The van der Waals surface area contributed by atoms with Gasteiger partial charge < -0.3 is 9.88 Å². The van der Waals surface area contributed by atoms with Crippen LogP contribution in [0.4, 0.5) is 0 Å². The van der Waals surface area contributed by atoms with E-state index in [2.05, 4.69) is 57.7 Å². The van der Waals surface area contributed by atoms with E-state index in [-0.39, 0.29) is 5.91 Å². The first-order valence-electron chi connectivity index (χ1n) is 11.5. The van der Waals surface area contributed by atoms with Crippen molar-refractivity contribution in [3.05, 3.63) is 95.9 Å². The number of pyridine rings is 1. The highest BCUT2D eigenvalue weighted by Crippen LogP contribution is 2.33. The molecule has 6 heteroatoms. The number of likely N-dealkylation sites (tertiary alicyclic amines) is 1. The molecule has 3 aromatic heterocycles. The van der Waals surface area contributed by atoms with Crippen molar-refractivity contribution in [2.45, 2.75) is 25.3 Å². The fourth-order valence-electron chi connectivity index (χ4n) is 4.97. The molecule has 0 unspecified atom stereocenters. The topological polar surface area (TPSA) is 66.8 Å². The second-order valence-corrected chi connectivity index (χ2v) is 8.78. The minimum atomic E-state index is 0.0533. The molecular formula is C27H25N5O. The quantitative estimate of drug-likeness (QED) is 0.433. The highest BCUT2D eigenvalue weighted by molar-refractivity contribution is 5.97. The molecule has 1 aliphatic heterocycles. The standard InChI is InChI=1S/C27H25N5O/c33-27(31-12-10-20(11-13-31)24-17-28-25-9-5-4-8-23(24)25)22-14-21-16-30-32(26(21)29-15-22)18-19-6-2-1-3-7-19/h1-9,14-17,20,28H,10-13,18H2. The average molecular weight is 436 g/mol. The summed E-state index contributed by atoms with van der Waals surface area (Å²) in [6.07, 6.45) is 7.57. The molecule has 1 aliphatic rings. The molecule has 1 amide bonds. The molecule has 6 rings (SSSR count). The Hall–Kier alpha value is -3.93. The maximum absolute atomic E-state index is 13.2. The Morgan fingerprint density at radius 1 is 1.00 bits per heavy atom. The number of nitrogens with one attached hydrogen (secondary N) is 1. The van der Waals surface area contributed by atoms with E-state index < -0.39 is 0 Å². The van der Waals surface area contributed by atoms with Gasteiger partial charge in [0.25, 0.3) is 5.91 Å². The van der Waals surface area contributed by atoms with Gasteiger partial charge in [-0.05, 0) is 42.0 Å². The van der Waals surface area contributed by atoms with Gasteiger partial charge in [0.15, 0.2) is 5.65 Å². The smallest absolute Gasteiger partial charge is 0.255 e. The van der Waals surface area contributed by atoms with Crippen molar-refractivity contribution in [3.63, 3.8) is 0 Å². The molecule has 6 nitrogen and oxygen atoms in total. The third kappa shape index (κ3) is 3.67. The lowest BCUT2D eigenvalue weighted by atomic mass is 9.89. The number of para-hydroxylation sites is 1. The molecule has 2 aromatic carbocycles. The first-order chi connectivity index (χ1) is 16.3. The number of benzene rings is 2. The number of fused-ring (bicyclic) bond motifs is 2. The van der Waals surface area contributed by atoms with Gasteiger partial charge in [0.05, 0.1) is 18.3 Å². The number of aromatic amines is 1. The van der Waals surface area contributed by atoms with Gasteiger partial charge in [-0.25, -0.2) is 9.67 Å². The third-order valence-corrected chi connectivity index (χ3v) is 6.74. The van der Waals surface area contributed by atoms with E-state index in [9.17, 15) is 4.79 Å². The summed E-state index contributed by atoms with van der Waals surface area (Å²) in [5, 5.41) is 6.68. The van der Waals surface area contributed by atoms with Crippen LogP contribution in [0.1, 0.15) is 40.2 Å². The molecule has 0 aliphatic carbocycles. The lowest BCUT2D eigenvalue weighted by molar-refractivity contribution is 0.0713. The van der Waals surface area contributed by atoms with Crippen molar-refractivity contribution in [2.24, 2.45) is 0 Å². The van der Waals surface area contributed by atoms with E-state index in [1.54, 1.807) is 12.4 Å². The number of nitrogens with zero attached hydrogens (tertiary/aromatic N) is 4. The Kier molecular flexibility index (Phi) is 4.91. The number of aromatic nitrogens is 4. The second kappa shape index (κ2) is 8.20. The maximum atomic E-state index is 13.2.